The van der Waals surface area contributed by atoms with Crippen molar-refractivity contribution in [2.75, 3.05) is 0 Å². The van der Waals surface area contributed by atoms with Crippen molar-refractivity contribution in [1.29, 1.82) is 0 Å². The molecule has 16 heavy (non-hydrogen) atoms. The van der Waals surface area contributed by atoms with Crippen molar-refractivity contribution in [2.24, 2.45) is 13.0 Å². The fourth-order valence-electron chi connectivity index (χ4n) is 2.54. The summed E-state index contributed by atoms with van der Waals surface area (Å²) in [7, 11) is 1.90. The van der Waals surface area contributed by atoms with Gasteiger partial charge in [-0.25, -0.2) is 0 Å². The van der Waals surface area contributed by atoms with Crippen LogP contribution in [0.5, 0.6) is 0 Å². The lowest BCUT2D eigenvalue weighted by Gasteiger charge is -2.28. The minimum atomic E-state index is 0.599. The molecule has 0 aromatic carbocycles. The van der Waals surface area contributed by atoms with E-state index in [1.165, 1.54) is 32.1 Å². The first-order chi connectivity index (χ1) is 7.75. The number of nitrogens with zero attached hydrogens (tertiary/aromatic N) is 3. The van der Waals surface area contributed by atoms with Gasteiger partial charge < -0.3 is 5.32 Å². The molecule has 1 fully saturated rings. The van der Waals surface area contributed by atoms with E-state index in [1.54, 1.807) is 4.68 Å². The molecule has 0 unspecified atom stereocenters. The molecule has 2 rings (SSSR count). The zero-order chi connectivity index (χ0) is 11.4. The standard InChI is InChI=1S/C12H22N4/c1-10(11-6-4-3-5-7-11)13-8-12-9-16(2)15-14-12/h9-11,13H,3-8H2,1-2H3/t10-/m1/s1. The minimum Gasteiger partial charge on any atom is -0.308 e. The summed E-state index contributed by atoms with van der Waals surface area (Å²) < 4.78 is 1.75. The van der Waals surface area contributed by atoms with E-state index in [9.17, 15) is 0 Å². The van der Waals surface area contributed by atoms with Crippen molar-refractivity contribution in [3.05, 3.63) is 11.9 Å². The molecule has 4 nitrogen and oxygen atoms in total. The third-order valence-corrected chi connectivity index (χ3v) is 3.61. The summed E-state index contributed by atoms with van der Waals surface area (Å²) in [5.74, 6) is 0.852. The van der Waals surface area contributed by atoms with Gasteiger partial charge in [0.25, 0.3) is 0 Å². The normalized spacial score (nSPS) is 19.9. The molecule has 1 aromatic rings. The SMILES string of the molecule is C[C@@H](NCc1cn(C)nn1)C1CCCCC1. The van der Waals surface area contributed by atoms with E-state index in [4.69, 9.17) is 0 Å². The van der Waals surface area contributed by atoms with Gasteiger partial charge in [-0.05, 0) is 25.7 Å². The first kappa shape index (κ1) is 11.6. The molecule has 1 aliphatic rings. The Labute approximate surface area is 97.4 Å². The van der Waals surface area contributed by atoms with E-state index in [0.29, 0.717) is 6.04 Å². The lowest BCUT2D eigenvalue weighted by Crippen LogP contribution is -2.34. The van der Waals surface area contributed by atoms with E-state index in [1.807, 2.05) is 13.2 Å². The van der Waals surface area contributed by atoms with Crippen molar-refractivity contribution < 1.29 is 0 Å². The van der Waals surface area contributed by atoms with Gasteiger partial charge in [0.05, 0.1) is 5.69 Å². The predicted molar refractivity (Wildman–Crippen MR) is 63.9 cm³/mol. The maximum atomic E-state index is 4.08. The van der Waals surface area contributed by atoms with Gasteiger partial charge in [-0.15, -0.1) is 5.10 Å². The zero-order valence-electron chi connectivity index (χ0n) is 10.3. The first-order valence-electron chi connectivity index (χ1n) is 6.34. The molecule has 1 aromatic heterocycles. The summed E-state index contributed by atoms with van der Waals surface area (Å²) in [5.41, 5.74) is 1.03. The van der Waals surface area contributed by atoms with Gasteiger partial charge >= 0.3 is 0 Å². The van der Waals surface area contributed by atoms with Gasteiger partial charge in [-0.1, -0.05) is 24.5 Å². The molecule has 90 valence electrons. The molecule has 0 spiro atoms. The topological polar surface area (TPSA) is 42.7 Å². The highest BCUT2D eigenvalue weighted by atomic mass is 15.4. The van der Waals surface area contributed by atoms with E-state index >= 15 is 0 Å². The molecule has 1 saturated carbocycles. The lowest BCUT2D eigenvalue weighted by molar-refractivity contribution is 0.280. The molecule has 0 amide bonds. The Morgan fingerprint density at radius 2 is 2.19 bits per heavy atom. The quantitative estimate of drug-likeness (QED) is 0.845. The smallest absolute Gasteiger partial charge is 0.0964 e. The summed E-state index contributed by atoms with van der Waals surface area (Å²) in [6.07, 6.45) is 8.97. The molecule has 0 bridgehead atoms. The Morgan fingerprint density at radius 1 is 1.44 bits per heavy atom. The van der Waals surface area contributed by atoms with Crippen LogP contribution in [0.25, 0.3) is 0 Å². The van der Waals surface area contributed by atoms with Crippen LogP contribution in [0.15, 0.2) is 6.20 Å². The van der Waals surface area contributed by atoms with Crippen LogP contribution in [0.4, 0.5) is 0 Å². The van der Waals surface area contributed by atoms with Gasteiger partial charge in [0.2, 0.25) is 0 Å². The highest BCUT2D eigenvalue weighted by Gasteiger charge is 2.19. The van der Waals surface area contributed by atoms with Crippen LogP contribution in [0.1, 0.15) is 44.7 Å². The Hall–Kier alpha value is -0.900. The van der Waals surface area contributed by atoms with Gasteiger partial charge in [-0.2, -0.15) is 0 Å². The number of hydrogen-bond donors (Lipinski definition) is 1. The summed E-state index contributed by atoms with van der Waals surface area (Å²) in [6.45, 7) is 3.14. The third kappa shape index (κ3) is 3.04. The van der Waals surface area contributed by atoms with Crippen LogP contribution < -0.4 is 5.32 Å². The second kappa shape index (κ2) is 5.43. The predicted octanol–water partition coefficient (Wildman–Crippen LogP) is 1.87. The zero-order valence-corrected chi connectivity index (χ0v) is 10.3. The van der Waals surface area contributed by atoms with E-state index < -0.39 is 0 Å². The van der Waals surface area contributed by atoms with E-state index in [0.717, 1.165) is 18.2 Å². The fraction of sp³-hybridized carbons (Fsp3) is 0.833. The van der Waals surface area contributed by atoms with Gasteiger partial charge in [0, 0.05) is 25.8 Å². The Kier molecular flexibility index (Phi) is 3.93. The van der Waals surface area contributed by atoms with Crippen LogP contribution >= 0.6 is 0 Å². The number of hydrogen-bond acceptors (Lipinski definition) is 3. The fourth-order valence-corrected chi connectivity index (χ4v) is 2.54. The molecular formula is C12H22N4. The summed E-state index contributed by atoms with van der Waals surface area (Å²) in [5, 5.41) is 11.6. The van der Waals surface area contributed by atoms with Crippen LogP contribution in [-0.4, -0.2) is 21.0 Å². The molecule has 1 atom stereocenters. The third-order valence-electron chi connectivity index (χ3n) is 3.61. The highest BCUT2D eigenvalue weighted by Crippen LogP contribution is 2.26. The van der Waals surface area contributed by atoms with Crippen LogP contribution in [0.2, 0.25) is 0 Å². The van der Waals surface area contributed by atoms with Crippen molar-refractivity contribution in [1.82, 2.24) is 20.3 Å². The van der Waals surface area contributed by atoms with Gasteiger partial charge in [0.15, 0.2) is 0 Å². The average molecular weight is 222 g/mol. The Balaban J connectivity index is 1.76. The molecule has 1 N–H and O–H groups in total. The van der Waals surface area contributed by atoms with Gasteiger partial charge in [-0.3, -0.25) is 4.68 Å². The van der Waals surface area contributed by atoms with Crippen molar-refractivity contribution in [3.63, 3.8) is 0 Å². The monoisotopic (exact) mass is 222 g/mol. The van der Waals surface area contributed by atoms with Crippen LogP contribution in [0, 0.1) is 5.92 Å². The van der Waals surface area contributed by atoms with Gasteiger partial charge in [0.1, 0.15) is 0 Å². The number of aryl methyl sites for hydroxylation is 1. The second-order valence-electron chi connectivity index (χ2n) is 4.95. The molecule has 0 radical (unpaired) electrons. The summed E-state index contributed by atoms with van der Waals surface area (Å²) >= 11 is 0. The second-order valence-corrected chi connectivity index (χ2v) is 4.95. The lowest BCUT2D eigenvalue weighted by atomic mass is 9.84. The summed E-state index contributed by atoms with van der Waals surface area (Å²) in [6, 6.07) is 0.599. The molecule has 1 aliphatic carbocycles. The van der Waals surface area contributed by atoms with Crippen LogP contribution in [0.3, 0.4) is 0 Å². The molecule has 0 saturated heterocycles. The summed E-state index contributed by atoms with van der Waals surface area (Å²) in [4.78, 5) is 0. The van der Waals surface area contributed by atoms with E-state index in [-0.39, 0.29) is 0 Å². The Bertz CT molecular complexity index is 315. The maximum absolute atomic E-state index is 4.08. The van der Waals surface area contributed by atoms with E-state index in [2.05, 4.69) is 22.6 Å². The average Bonchev–Trinajstić information content (AvgIpc) is 2.73. The molecule has 4 heteroatoms. The molecular weight excluding hydrogens is 200 g/mol. The van der Waals surface area contributed by atoms with Crippen LogP contribution in [-0.2, 0) is 13.6 Å². The number of aromatic nitrogens is 3. The highest BCUT2D eigenvalue weighted by molar-refractivity contribution is 4.92. The van der Waals surface area contributed by atoms with Crippen molar-refractivity contribution in [2.45, 2.75) is 51.6 Å². The first-order valence-corrected chi connectivity index (χ1v) is 6.34. The number of nitrogens with one attached hydrogen (secondary N) is 1. The van der Waals surface area contributed by atoms with Crippen molar-refractivity contribution >= 4 is 0 Å². The minimum absolute atomic E-state index is 0.599. The largest absolute Gasteiger partial charge is 0.308 e. The molecule has 1 heterocycles. The molecule has 0 aliphatic heterocycles. The number of rotatable bonds is 4. The maximum Gasteiger partial charge on any atom is 0.0964 e. The Morgan fingerprint density at radius 3 is 2.81 bits per heavy atom. The van der Waals surface area contributed by atoms with Crippen molar-refractivity contribution in [3.8, 4) is 0 Å².